The van der Waals surface area contributed by atoms with Gasteiger partial charge in [0.2, 0.25) is 0 Å². The third-order valence-electron chi connectivity index (χ3n) is 3.66. The molecule has 0 radical (unpaired) electrons. The van der Waals surface area contributed by atoms with Gasteiger partial charge in [-0.3, -0.25) is 4.90 Å². The summed E-state index contributed by atoms with van der Waals surface area (Å²) >= 11 is 5.32. The number of hydrogen-bond acceptors (Lipinski definition) is 4. The Hall–Kier alpha value is 0.0600. The first-order chi connectivity index (χ1) is 8.26. The molecule has 3 heterocycles. The van der Waals surface area contributed by atoms with E-state index >= 15 is 0 Å². The Balaban J connectivity index is 1.77. The number of ether oxygens (including phenoxy) is 1. The second-order valence-electron chi connectivity index (χ2n) is 4.80. The van der Waals surface area contributed by atoms with Gasteiger partial charge < -0.3 is 10.5 Å². The first-order valence-electron chi connectivity index (χ1n) is 6.11. The van der Waals surface area contributed by atoms with Crippen LogP contribution in [0.5, 0.6) is 0 Å². The summed E-state index contributed by atoms with van der Waals surface area (Å²) in [6.45, 7) is 2.76. The number of rotatable bonds is 3. The van der Waals surface area contributed by atoms with E-state index in [1.54, 1.807) is 11.3 Å². The van der Waals surface area contributed by atoms with Crippen LogP contribution in [0, 0.1) is 0 Å². The highest BCUT2D eigenvalue weighted by Gasteiger charge is 2.36. The molecule has 3 atom stereocenters. The van der Waals surface area contributed by atoms with Crippen LogP contribution in [0.25, 0.3) is 0 Å². The summed E-state index contributed by atoms with van der Waals surface area (Å²) < 4.78 is 7.06. The van der Waals surface area contributed by atoms with E-state index in [2.05, 4.69) is 33.0 Å². The number of likely N-dealkylation sites (tertiary alicyclic amines) is 1. The molecule has 0 amide bonds. The summed E-state index contributed by atoms with van der Waals surface area (Å²) in [6, 6.07) is 4.65. The van der Waals surface area contributed by atoms with Crippen molar-refractivity contribution >= 4 is 27.3 Å². The lowest BCUT2D eigenvalue weighted by molar-refractivity contribution is -0.0516. The molecule has 2 bridgehead atoms. The minimum absolute atomic E-state index is 0.360. The summed E-state index contributed by atoms with van der Waals surface area (Å²) in [7, 11) is 0. The van der Waals surface area contributed by atoms with Crippen molar-refractivity contribution < 1.29 is 4.74 Å². The molecule has 2 saturated heterocycles. The summed E-state index contributed by atoms with van der Waals surface area (Å²) in [5, 5.41) is 0. The molecule has 94 valence electrons. The quantitative estimate of drug-likeness (QED) is 0.930. The van der Waals surface area contributed by atoms with E-state index in [-0.39, 0.29) is 0 Å². The molecule has 2 aliphatic heterocycles. The fourth-order valence-electron chi connectivity index (χ4n) is 2.85. The molecule has 17 heavy (non-hydrogen) atoms. The molecule has 2 N–H and O–H groups in total. The van der Waals surface area contributed by atoms with E-state index in [9.17, 15) is 0 Å². The number of nitrogens with zero attached hydrogens (tertiary/aromatic N) is 1. The van der Waals surface area contributed by atoms with E-state index in [0.717, 1.165) is 13.1 Å². The largest absolute Gasteiger partial charge is 0.372 e. The zero-order chi connectivity index (χ0) is 11.8. The smallest absolute Gasteiger partial charge is 0.0707 e. The molecule has 3 unspecified atom stereocenters. The standard InChI is InChI=1S/C12H17BrN2OS/c13-12-4-3-11(17-12)10(5-14)15-6-8-1-2-9(7-15)16-8/h3-4,8-10H,1-2,5-7,14H2. The first-order valence-corrected chi connectivity index (χ1v) is 7.72. The van der Waals surface area contributed by atoms with Gasteiger partial charge in [-0.25, -0.2) is 0 Å². The zero-order valence-electron chi connectivity index (χ0n) is 9.64. The number of thiophene rings is 1. The van der Waals surface area contributed by atoms with Gasteiger partial charge in [-0.15, -0.1) is 11.3 Å². The number of hydrogen-bond donors (Lipinski definition) is 1. The maximum atomic E-state index is 5.97. The Morgan fingerprint density at radius 3 is 2.65 bits per heavy atom. The van der Waals surface area contributed by atoms with Crippen LogP contribution in [0.1, 0.15) is 23.8 Å². The van der Waals surface area contributed by atoms with Crippen molar-refractivity contribution in [1.82, 2.24) is 4.90 Å². The van der Waals surface area contributed by atoms with Crippen molar-refractivity contribution in [2.75, 3.05) is 19.6 Å². The second kappa shape index (κ2) is 4.97. The summed E-state index contributed by atoms with van der Waals surface area (Å²) in [5.41, 5.74) is 5.97. The van der Waals surface area contributed by atoms with Gasteiger partial charge in [0.25, 0.3) is 0 Å². The van der Waals surface area contributed by atoms with Crippen LogP contribution in [0.15, 0.2) is 15.9 Å². The van der Waals surface area contributed by atoms with E-state index in [0.29, 0.717) is 24.8 Å². The van der Waals surface area contributed by atoms with Gasteiger partial charge >= 0.3 is 0 Å². The molecular formula is C12H17BrN2OS. The lowest BCUT2D eigenvalue weighted by Crippen LogP contribution is -2.46. The number of morpholine rings is 1. The van der Waals surface area contributed by atoms with Gasteiger partial charge in [0.1, 0.15) is 0 Å². The molecule has 1 aromatic heterocycles. The highest BCUT2D eigenvalue weighted by atomic mass is 79.9. The van der Waals surface area contributed by atoms with Crippen molar-refractivity contribution in [3.8, 4) is 0 Å². The minimum Gasteiger partial charge on any atom is -0.372 e. The van der Waals surface area contributed by atoms with Crippen LogP contribution in [0.4, 0.5) is 0 Å². The van der Waals surface area contributed by atoms with Crippen molar-refractivity contribution in [1.29, 1.82) is 0 Å². The Kier molecular flexibility index (Phi) is 3.54. The number of fused-ring (bicyclic) bond motifs is 2. The van der Waals surface area contributed by atoms with Gasteiger partial charge in [-0.2, -0.15) is 0 Å². The Bertz CT molecular complexity index is 386. The van der Waals surface area contributed by atoms with E-state index in [4.69, 9.17) is 10.5 Å². The number of halogens is 1. The van der Waals surface area contributed by atoms with Crippen LogP contribution in [0.3, 0.4) is 0 Å². The van der Waals surface area contributed by atoms with E-state index < -0.39 is 0 Å². The minimum atomic E-state index is 0.360. The van der Waals surface area contributed by atoms with Gasteiger partial charge in [-0.1, -0.05) is 0 Å². The average Bonchev–Trinajstić information content (AvgIpc) is 2.87. The monoisotopic (exact) mass is 316 g/mol. The van der Waals surface area contributed by atoms with Crippen molar-refractivity contribution in [2.45, 2.75) is 31.1 Å². The molecule has 0 aliphatic carbocycles. The SMILES string of the molecule is NCC(c1ccc(Br)s1)N1CC2CCC(C1)O2. The topological polar surface area (TPSA) is 38.5 Å². The Labute approximate surface area is 114 Å². The molecule has 2 aliphatic rings. The summed E-state index contributed by atoms with van der Waals surface area (Å²) in [5.74, 6) is 0. The fourth-order valence-corrected chi connectivity index (χ4v) is 4.42. The molecule has 3 rings (SSSR count). The Morgan fingerprint density at radius 1 is 1.41 bits per heavy atom. The molecular weight excluding hydrogens is 300 g/mol. The van der Waals surface area contributed by atoms with Gasteiger partial charge in [0.15, 0.2) is 0 Å². The predicted octanol–water partition coefficient (Wildman–Crippen LogP) is 2.37. The van der Waals surface area contributed by atoms with Crippen molar-refractivity contribution in [3.63, 3.8) is 0 Å². The van der Waals surface area contributed by atoms with E-state index in [1.807, 2.05) is 0 Å². The lowest BCUT2D eigenvalue weighted by Gasteiger charge is -2.37. The normalized spacial score (nSPS) is 30.7. The highest BCUT2D eigenvalue weighted by molar-refractivity contribution is 9.11. The molecule has 2 fully saturated rings. The average molecular weight is 317 g/mol. The second-order valence-corrected chi connectivity index (χ2v) is 7.30. The van der Waals surface area contributed by atoms with Crippen LogP contribution in [0.2, 0.25) is 0 Å². The highest BCUT2D eigenvalue weighted by Crippen LogP contribution is 2.35. The van der Waals surface area contributed by atoms with Gasteiger partial charge in [-0.05, 0) is 40.9 Å². The molecule has 0 saturated carbocycles. The molecule has 3 nitrogen and oxygen atoms in total. The molecule has 1 aromatic rings. The fraction of sp³-hybridized carbons (Fsp3) is 0.667. The summed E-state index contributed by atoms with van der Waals surface area (Å²) in [6.07, 6.45) is 3.30. The lowest BCUT2D eigenvalue weighted by atomic mass is 10.1. The molecule has 0 spiro atoms. The van der Waals surface area contributed by atoms with Crippen LogP contribution < -0.4 is 5.73 Å². The summed E-state index contributed by atoms with van der Waals surface area (Å²) in [4.78, 5) is 3.87. The van der Waals surface area contributed by atoms with Gasteiger partial charge in [0.05, 0.1) is 22.0 Å². The van der Waals surface area contributed by atoms with Crippen molar-refractivity contribution in [3.05, 3.63) is 20.8 Å². The molecule has 0 aromatic carbocycles. The Morgan fingerprint density at radius 2 is 2.12 bits per heavy atom. The van der Waals surface area contributed by atoms with Crippen LogP contribution in [-0.4, -0.2) is 36.7 Å². The number of nitrogens with two attached hydrogens (primary N) is 1. The van der Waals surface area contributed by atoms with Crippen LogP contribution >= 0.6 is 27.3 Å². The predicted molar refractivity (Wildman–Crippen MR) is 73.3 cm³/mol. The maximum absolute atomic E-state index is 5.97. The van der Waals surface area contributed by atoms with Gasteiger partial charge in [0, 0.05) is 24.5 Å². The zero-order valence-corrected chi connectivity index (χ0v) is 12.0. The first kappa shape index (κ1) is 12.1. The maximum Gasteiger partial charge on any atom is 0.0707 e. The van der Waals surface area contributed by atoms with Crippen molar-refractivity contribution in [2.24, 2.45) is 5.73 Å². The van der Waals surface area contributed by atoms with E-state index in [1.165, 1.54) is 21.5 Å². The third kappa shape index (κ3) is 2.44. The third-order valence-corrected chi connectivity index (χ3v) is 5.38. The molecule has 5 heteroatoms. The van der Waals surface area contributed by atoms with Crippen LogP contribution in [-0.2, 0) is 4.74 Å².